The minimum absolute atomic E-state index is 0.138. The van der Waals surface area contributed by atoms with Gasteiger partial charge in [0.05, 0.1) is 34.5 Å². The minimum Gasteiger partial charge on any atom is -0.335 e. The van der Waals surface area contributed by atoms with E-state index < -0.39 is 0 Å². The molecule has 12 heteroatoms. The van der Waals surface area contributed by atoms with Crippen LogP contribution in [0, 0.1) is 0 Å². The van der Waals surface area contributed by atoms with Gasteiger partial charge < -0.3 is 20.1 Å². The number of anilines is 1. The number of carbonyl (C=O) groups excluding carboxylic acids is 1. The van der Waals surface area contributed by atoms with Crippen LogP contribution in [0.1, 0.15) is 18.4 Å². The number of imidazole rings is 1. The first-order valence-corrected chi connectivity index (χ1v) is 13.5. The van der Waals surface area contributed by atoms with E-state index in [0.29, 0.717) is 64.5 Å². The lowest BCUT2D eigenvalue weighted by atomic mass is 9.97. The van der Waals surface area contributed by atoms with Crippen LogP contribution in [-0.4, -0.2) is 84.2 Å². The maximum Gasteiger partial charge on any atom is 0.321 e. The van der Waals surface area contributed by atoms with Crippen LogP contribution in [0.2, 0.25) is 0 Å². The predicted molar refractivity (Wildman–Crippen MR) is 154 cm³/mol. The number of amides is 2. The summed E-state index contributed by atoms with van der Waals surface area (Å²) in [5, 5.41) is 11.1. The van der Waals surface area contributed by atoms with Gasteiger partial charge in [-0.3, -0.25) is 15.1 Å². The number of fused-ring (bicyclic) bond motifs is 2. The van der Waals surface area contributed by atoms with Crippen molar-refractivity contribution in [3.8, 4) is 22.6 Å². The molecule has 2 aliphatic rings. The zero-order valence-corrected chi connectivity index (χ0v) is 22.4. The normalized spacial score (nSPS) is 16.2. The van der Waals surface area contributed by atoms with Gasteiger partial charge in [0, 0.05) is 61.5 Å². The van der Waals surface area contributed by atoms with Gasteiger partial charge in [-0.15, -0.1) is 0 Å². The van der Waals surface area contributed by atoms with E-state index in [2.05, 4.69) is 47.4 Å². The number of hydrogen-bond acceptors (Lipinski definition) is 7. The molecule has 7 rings (SSSR count). The van der Waals surface area contributed by atoms with Gasteiger partial charge >= 0.3 is 6.03 Å². The monoisotopic (exact) mass is 550 g/mol. The SMILES string of the molecule is CN1CCN(C(=O)Nc2cncc(-c3cnc4n[nH]c(-c5nc6c(C7=C(F)C=CCC7)cncc6[nH]5)c4c3)c2)CC1. The molecule has 41 heavy (non-hydrogen) atoms. The molecule has 1 fully saturated rings. The van der Waals surface area contributed by atoms with Crippen LogP contribution in [0.15, 0.2) is 61.1 Å². The Hall–Kier alpha value is -4.97. The van der Waals surface area contributed by atoms with Gasteiger partial charge in [-0.05, 0) is 43.7 Å². The summed E-state index contributed by atoms with van der Waals surface area (Å²) in [5.74, 6) is 0.292. The maximum absolute atomic E-state index is 14.6. The summed E-state index contributed by atoms with van der Waals surface area (Å²) >= 11 is 0. The fourth-order valence-electron chi connectivity index (χ4n) is 5.29. The van der Waals surface area contributed by atoms with Crippen LogP contribution in [0.3, 0.4) is 0 Å². The Bertz CT molecular complexity index is 1850. The van der Waals surface area contributed by atoms with E-state index >= 15 is 0 Å². The molecule has 0 radical (unpaired) electrons. The Balaban J connectivity index is 1.21. The Morgan fingerprint density at radius 3 is 2.71 bits per heavy atom. The topological polar surface area (TPSA) is 132 Å². The molecule has 0 spiro atoms. The second-order valence-electron chi connectivity index (χ2n) is 10.3. The number of rotatable bonds is 4. The summed E-state index contributed by atoms with van der Waals surface area (Å²) in [6, 6.07) is 3.70. The number of pyridine rings is 3. The zero-order chi connectivity index (χ0) is 27.9. The van der Waals surface area contributed by atoms with Crippen LogP contribution in [-0.2, 0) is 0 Å². The molecule has 1 aliphatic heterocycles. The van der Waals surface area contributed by atoms with E-state index in [1.165, 1.54) is 6.08 Å². The number of halogens is 1. The van der Waals surface area contributed by atoms with Crippen LogP contribution in [0.5, 0.6) is 0 Å². The molecule has 6 heterocycles. The van der Waals surface area contributed by atoms with Crippen molar-refractivity contribution in [2.45, 2.75) is 12.8 Å². The Kier molecular flexibility index (Phi) is 6.23. The van der Waals surface area contributed by atoms with Gasteiger partial charge in [0.2, 0.25) is 0 Å². The number of allylic oxidation sites excluding steroid dienone is 4. The third-order valence-corrected chi connectivity index (χ3v) is 7.59. The van der Waals surface area contributed by atoms with E-state index in [-0.39, 0.29) is 11.9 Å². The van der Waals surface area contributed by atoms with Crippen molar-refractivity contribution in [2.75, 3.05) is 38.5 Å². The van der Waals surface area contributed by atoms with Crippen molar-refractivity contribution in [1.82, 2.24) is 44.9 Å². The van der Waals surface area contributed by atoms with E-state index in [1.807, 2.05) is 23.1 Å². The van der Waals surface area contributed by atoms with Crippen LogP contribution >= 0.6 is 0 Å². The van der Waals surface area contributed by atoms with E-state index in [0.717, 1.165) is 36.0 Å². The molecule has 5 aromatic rings. The van der Waals surface area contributed by atoms with Crippen LogP contribution in [0.4, 0.5) is 14.9 Å². The highest BCUT2D eigenvalue weighted by Gasteiger charge is 2.21. The van der Waals surface area contributed by atoms with Crippen LogP contribution < -0.4 is 5.32 Å². The number of urea groups is 1. The Morgan fingerprint density at radius 2 is 1.85 bits per heavy atom. The minimum atomic E-state index is -0.258. The highest BCUT2D eigenvalue weighted by molar-refractivity contribution is 5.96. The zero-order valence-electron chi connectivity index (χ0n) is 22.4. The van der Waals surface area contributed by atoms with E-state index in [4.69, 9.17) is 4.98 Å². The summed E-state index contributed by atoms with van der Waals surface area (Å²) in [6.07, 6.45) is 13.1. The van der Waals surface area contributed by atoms with Gasteiger partial charge in [0.1, 0.15) is 11.5 Å². The highest BCUT2D eigenvalue weighted by Crippen LogP contribution is 2.35. The summed E-state index contributed by atoms with van der Waals surface area (Å²) in [6.45, 7) is 3.06. The van der Waals surface area contributed by atoms with Gasteiger partial charge in [-0.25, -0.2) is 19.2 Å². The first-order chi connectivity index (χ1) is 20.0. The molecule has 1 aliphatic carbocycles. The molecule has 11 nitrogen and oxygen atoms in total. The molecule has 0 aromatic carbocycles. The lowest BCUT2D eigenvalue weighted by Gasteiger charge is -2.32. The summed E-state index contributed by atoms with van der Waals surface area (Å²) in [5.41, 5.74) is 6.03. The highest BCUT2D eigenvalue weighted by atomic mass is 19.1. The third-order valence-electron chi connectivity index (χ3n) is 7.59. The molecular weight excluding hydrogens is 523 g/mol. The molecule has 5 aromatic heterocycles. The lowest BCUT2D eigenvalue weighted by Crippen LogP contribution is -2.48. The number of nitrogens with one attached hydrogen (secondary N) is 3. The van der Waals surface area contributed by atoms with Gasteiger partial charge in [0.25, 0.3) is 0 Å². The molecular formula is C29H27FN10O. The van der Waals surface area contributed by atoms with Crippen molar-refractivity contribution < 1.29 is 9.18 Å². The Morgan fingerprint density at radius 1 is 1.02 bits per heavy atom. The van der Waals surface area contributed by atoms with Crippen molar-refractivity contribution in [2.24, 2.45) is 0 Å². The largest absolute Gasteiger partial charge is 0.335 e. The molecule has 206 valence electrons. The number of carbonyl (C=O) groups is 1. The molecule has 0 unspecified atom stereocenters. The van der Waals surface area contributed by atoms with Crippen molar-refractivity contribution >= 4 is 39.4 Å². The van der Waals surface area contributed by atoms with E-state index in [9.17, 15) is 9.18 Å². The first-order valence-electron chi connectivity index (χ1n) is 13.5. The van der Waals surface area contributed by atoms with Crippen molar-refractivity contribution in [3.63, 3.8) is 0 Å². The van der Waals surface area contributed by atoms with Crippen LogP contribution in [0.25, 0.3) is 50.3 Å². The molecule has 1 saturated heterocycles. The molecule has 0 saturated carbocycles. The molecule has 2 amide bonds. The number of hydrogen-bond donors (Lipinski definition) is 3. The van der Waals surface area contributed by atoms with Crippen molar-refractivity contribution in [1.29, 1.82) is 0 Å². The number of aromatic nitrogens is 7. The summed E-state index contributed by atoms with van der Waals surface area (Å²) < 4.78 is 14.6. The average molecular weight is 551 g/mol. The number of H-pyrrole nitrogens is 2. The quantitative estimate of drug-likeness (QED) is 0.294. The predicted octanol–water partition coefficient (Wildman–Crippen LogP) is 4.77. The molecule has 0 bridgehead atoms. The molecule has 0 atom stereocenters. The van der Waals surface area contributed by atoms with Crippen molar-refractivity contribution in [3.05, 3.63) is 66.7 Å². The van der Waals surface area contributed by atoms with Gasteiger partial charge in [0.15, 0.2) is 11.5 Å². The second kappa shape index (κ2) is 10.2. The fourth-order valence-corrected chi connectivity index (χ4v) is 5.29. The standard InChI is InChI=1S/C29H27FN10O/c1-39-6-8-40(9-7-39)29(41)34-19-10-17(12-31-14-19)18-11-21-26(37-38-27(21)33-13-18)28-35-24-16-32-15-22(25(24)36-28)20-4-2-3-5-23(20)30/h3,5,10-16H,2,4,6-9H2,1H3,(H,34,41)(H,35,36)(H,33,37,38). The lowest BCUT2D eigenvalue weighted by molar-refractivity contribution is 0.164. The van der Waals surface area contributed by atoms with Gasteiger partial charge in [-0.1, -0.05) is 6.08 Å². The third kappa shape index (κ3) is 4.72. The maximum atomic E-state index is 14.6. The van der Waals surface area contributed by atoms with Gasteiger partial charge in [-0.2, -0.15) is 5.10 Å². The number of piperazine rings is 1. The number of likely N-dealkylation sites (N-methyl/N-ethyl adjacent to an activating group) is 1. The summed E-state index contributed by atoms with van der Waals surface area (Å²) in [4.78, 5) is 38.1. The number of aromatic amines is 2. The smallest absolute Gasteiger partial charge is 0.321 e. The fraction of sp³-hybridized carbons (Fsp3) is 0.241. The second-order valence-corrected chi connectivity index (χ2v) is 10.3. The average Bonchev–Trinajstić information content (AvgIpc) is 3.62. The number of nitrogens with zero attached hydrogens (tertiary/aromatic N) is 7. The van der Waals surface area contributed by atoms with E-state index in [1.54, 1.807) is 31.0 Å². The summed E-state index contributed by atoms with van der Waals surface area (Å²) in [7, 11) is 2.05. The first kappa shape index (κ1) is 25.0. The molecule has 3 N–H and O–H groups in total. The Labute approximate surface area is 234 Å².